The summed E-state index contributed by atoms with van der Waals surface area (Å²) in [6.07, 6.45) is 8.48. The first kappa shape index (κ1) is 25.7. The molecule has 0 aliphatic heterocycles. The molecule has 2 aromatic carbocycles. The fourth-order valence-electron chi connectivity index (χ4n) is 4.24. The number of nitrogens with zero attached hydrogens (tertiary/aromatic N) is 1. The summed E-state index contributed by atoms with van der Waals surface area (Å²) in [5.74, 6) is 0.600. The van der Waals surface area contributed by atoms with Gasteiger partial charge in [-0.05, 0) is 70.2 Å². The van der Waals surface area contributed by atoms with Gasteiger partial charge in [-0.1, -0.05) is 55.7 Å². The summed E-state index contributed by atoms with van der Waals surface area (Å²) in [5, 5.41) is 7.30. The zero-order valence-electron chi connectivity index (χ0n) is 21.1. The van der Waals surface area contributed by atoms with Crippen LogP contribution in [0.5, 0.6) is 0 Å². The lowest BCUT2D eigenvalue weighted by Gasteiger charge is -2.21. The fourth-order valence-corrected chi connectivity index (χ4v) is 6.32. The Balaban J connectivity index is 1.51. The molecule has 2 amide bonds. The third-order valence-corrected chi connectivity index (χ3v) is 8.56. The first-order chi connectivity index (χ1) is 16.8. The molecule has 35 heavy (non-hydrogen) atoms. The van der Waals surface area contributed by atoms with Gasteiger partial charge in [0.2, 0.25) is 0 Å². The largest absolute Gasteiger partial charge is 0.331 e. The summed E-state index contributed by atoms with van der Waals surface area (Å²) >= 11 is 3.42. The number of hydrogen-bond acceptors (Lipinski definition) is 5. The van der Waals surface area contributed by atoms with E-state index in [4.69, 9.17) is 4.98 Å². The number of nitrogens with one attached hydrogen (secondary N) is 3. The second-order valence-corrected chi connectivity index (χ2v) is 12.2. The molecule has 3 aromatic rings. The van der Waals surface area contributed by atoms with E-state index in [1.807, 2.05) is 66.9 Å². The Kier molecular flexibility index (Phi) is 8.52. The number of amides is 2. The summed E-state index contributed by atoms with van der Waals surface area (Å²) in [5.41, 5.74) is 2.94. The maximum absolute atomic E-state index is 12.7. The summed E-state index contributed by atoms with van der Waals surface area (Å²) < 4.78 is 3.53. The Morgan fingerprint density at radius 3 is 2.54 bits per heavy atom. The molecule has 0 spiro atoms. The topological polar surface area (TPSA) is 66.0 Å². The predicted molar refractivity (Wildman–Crippen MR) is 149 cm³/mol. The Bertz CT molecular complexity index is 1120. The molecule has 4 rings (SSSR count). The van der Waals surface area contributed by atoms with Crippen LogP contribution >= 0.6 is 23.3 Å². The van der Waals surface area contributed by atoms with Crippen LogP contribution in [0.1, 0.15) is 82.3 Å². The van der Waals surface area contributed by atoms with Gasteiger partial charge < -0.3 is 10.6 Å². The number of thiazole rings is 1. The van der Waals surface area contributed by atoms with Gasteiger partial charge >= 0.3 is 6.03 Å². The van der Waals surface area contributed by atoms with Crippen LogP contribution in [0.4, 0.5) is 10.5 Å². The molecule has 0 bridgehead atoms. The van der Waals surface area contributed by atoms with E-state index in [0.717, 1.165) is 21.7 Å². The molecule has 1 fully saturated rings. The van der Waals surface area contributed by atoms with Crippen molar-refractivity contribution in [1.29, 1.82) is 0 Å². The van der Waals surface area contributed by atoms with Gasteiger partial charge in [0.25, 0.3) is 0 Å². The number of rotatable bonds is 7. The van der Waals surface area contributed by atoms with Crippen molar-refractivity contribution in [2.24, 2.45) is 0 Å². The molecular weight excluding hydrogens is 472 g/mol. The minimum absolute atomic E-state index is 0.0468. The third kappa shape index (κ3) is 7.32. The lowest BCUT2D eigenvalue weighted by molar-refractivity contribution is 0.249. The zero-order chi connectivity index (χ0) is 24.8. The van der Waals surface area contributed by atoms with Crippen LogP contribution in [0.2, 0.25) is 0 Å². The van der Waals surface area contributed by atoms with Gasteiger partial charge in [0.15, 0.2) is 0 Å². The van der Waals surface area contributed by atoms with Crippen LogP contribution < -0.4 is 15.4 Å². The highest BCUT2D eigenvalue weighted by Gasteiger charge is 2.21. The quantitative estimate of drug-likeness (QED) is 0.282. The van der Waals surface area contributed by atoms with Crippen LogP contribution in [0.15, 0.2) is 59.6 Å². The third-order valence-electron chi connectivity index (χ3n) is 6.10. The van der Waals surface area contributed by atoms with Crippen LogP contribution in [-0.2, 0) is 0 Å². The maximum Gasteiger partial charge on any atom is 0.319 e. The number of urea groups is 1. The van der Waals surface area contributed by atoms with E-state index in [1.165, 1.54) is 42.0 Å². The molecule has 0 radical (unpaired) electrons. The monoisotopic (exact) mass is 508 g/mol. The van der Waals surface area contributed by atoms with Crippen molar-refractivity contribution in [1.82, 2.24) is 15.0 Å². The van der Waals surface area contributed by atoms with E-state index in [1.54, 1.807) is 11.9 Å². The summed E-state index contributed by atoms with van der Waals surface area (Å²) in [4.78, 5) is 19.8. The number of carbonyl (C=O) groups excluding carboxylic acids is 1. The van der Waals surface area contributed by atoms with E-state index >= 15 is 0 Å². The van der Waals surface area contributed by atoms with Crippen molar-refractivity contribution in [3.05, 3.63) is 65.3 Å². The van der Waals surface area contributed by atoms with Gasteiger partial charge in [-0.2, -0.15) is 0 Å². The number of anilines is 1. The molecule has 1 aromatic heterocycles. The molecule has 1 unspecified atom stereocenters. The number of benzene rings is 2. The molecule has 0 saturated heterocycles. The SMILES string of the molecule is CC(NC(=O)Nc1ccc(-c2cnc(C3CCCCC3)s2)c(SNC(C)(C)C)c1)c1ccccc1. The lowest BCUT2D eigenvalue weighted by Crippen LogP contribution is -2.31. The van der Waals surface area contributed by atoms with Crippen molar-refractivity contribution in [2.45, 2.75) is 82.2 Å². The normalized spacial score (nSPS) is 15.5. The van der Waals surface area contributed by atoms with Gasteiger partial charge in [0.1, 0.15) is 0 Å². The lowest BCUT2D eigenvalue weighted by atomic mass is 9.90. The second kappa shape index (κ2) is 11.6. The minimum atomic E-state index is -0.216. The summed E-state index contributed by atoms with van der Waals surface area (Å²) in [7, 11) is 0. The Morgan fingerprint density at radius 1 is 1.09 bits per heavy atom. The average molecular weight is 509 g/mol. The van der Waals surface area contributed by atoms with E-state index in [-0.39, 0.29) is 17.6 Å². The Morgan fingerprint density at radius 2 is 1.83 bits per heavy atom. The number of hydrogen-bond donors (Lipinski definition) is 3. The van der Waals surface area contributed by atoms with Gasteiger partial charge in [-0.3, -0.25) is 4.72 Å². The fraction of sp³-hybridized carbons (Fsp3) is 0.429. The smallest absolute Gasteiger partial charge is 0.319 e. The van der Waals surface area contributed by atoms with Crippen molar-refractivity contribution >= 4 is 35.0 Å². The molecule has 5 nitrogen and oxygen atoms in total. The molecule has 3 N–H and O–H groups in total. The molecule has 1 saturated carbocycles. The summed E-state index contributed by atoms with van der Waals surface area (Å²) in [6.45, 7) is 8.43. The van der Waals surface area contributed by atoms with Crippen molar-refractivity contribution in [3.63, 3.8) is 0 Å². The number of carbonyl (C=O) groups is 1. The van der Waals surface area contributed by atoms with Crippen LogP contribution in [-0.4, -0.2) is 16.6 Å². The minimum Gasteiger partial charge on any atom is -0.331 e. The van der Waals surface area contributed by atoms with Gasteiger partial charge in [-0.15, -0.1) is 11.3 Å². The molecule has 186 valence electrons. The Hall–Kier alpha value is -2.35. The molecule has 1 heterocycles. The van der Waals surface area contributed by atoms with Crippen LogP contribution in [0, 0.1) is 0 Å². The van der Waals surface area contributed by atoms with Gasteiger partial charge in [-0.25, -0.2) is 9.78 Å². The maximum atomic E-state index is 12.7. The van der Waals surface area contributed by atoms with Crippen LogP contribution in [0.25, 0.3) is 10.4 Å². The standard InChI is InChI=1S/C28H36N4OS2/c1-19(20-11-7-5-8-12-20)30-27(33)31-22-15-16-23(24(17-22)35-32-28(2,3)4)25-18-29-26(34-25)21-13-9-6-10-14-21/h5,7-8,11-12,15-19,21,32H,6,9-10,13-14H2,1-4H3,(H2,30,31,33). The van der Waals surface area contributed by atoms with E-state index in [0.29, 0.717) is 5.92 Å². The van der Waals surface area contributed by atoms with Crippen molar-refractivity contribution in [3.8, 4) is 10.4 Å². The Labute approximate surface area is 217 Å². The molecular formula is C28H36N4OS2. The van der Waals surface area contributed by atoms with Gasteiger partial charge in [0.05, 0.1) is 15.9 Å². The second-order valence-electron chi connectivity index (χ2n) is 10.3. The van der Waals surface area contributed by atoms with Crippen molar-refractivity contribution in [2.75, 3.05) is 5.32 Å². The highest BCUT2D eigenvalue weighted by Crippen LogP contribution is 2.40. The van der Waals surface area contributed by atoms with Gasteiger partial charge in [0, 0.05) is 33.8 Å². The molecule has 1 aliphatic rings. The first-order valence-corrected chi connectivity index (χ1v) is 14.1. The van der Waals surface area contributed by atoms with E-state index < -0.39 is 0 Å². The zero-order valence-corrected chi connectivity index (χ0v) is 22.7. The molecule has 1 aliphatic carbocycles. The predicted octanol–water partition coefficient (Wildman–Crippen LogP) is 8.14. The average Bonchev–Trinajstić information content (AvgIpc) is 3.33. The van der Waals surface area contributed by atoms with E-state index in [9.17, 15) is 4.79 Å². The summed E-state index contributed by atoms with van der Waals surface area (Å²) in [6, 6.07) is 15.8. The number of aromatic nitrogens is 1. The van der Waals surface area contributed by atoms with Crippen LogP contribution in [0.3, 0.4) is 0 Å². The molecule has 7 heteroatoms. The first-order valence-electron chi connectivity index (χ1n) is 12.4. The highest BCUT2D eigenvalue weighted by atomic mass is 32.2. The molecule has 1 atom stereocenters. The van der Waals surface area contributed by atoms with Crippen molar-refractivity contribution < 1.29 is 4.79 Å². The highest BCUT2D eigenvalue weighted by molar-refractivity contribution is 7.97. The van der Waals surface area contributed by atoms with E-state index in [2.05, 4.69) is 42.2 Å².